The molecule has 4 N–H and O–H groups in total. The van der Waals surface area contributed by atoms with Crippen LogP contribution in [0.4, 0.5) is 22.7 Å². The van der Waals surface area contributed by atoms with E-state index in [1.807, 2.05) is 0 Å². The number of hydrogen-bond donors (Lipinski definition) is 3. The summed E-state index contributed by atoms with van der Waals surface area (Å²) in [6, 6.07) is 16.5. The molecule has 3 aromatic carbocycles. The third kappa shape index (κ3) is 5.50. The molecule has 3 rings (SSSR count). The molecule has 0 aliphatic rings. The Morgan fingerprint density at radius 2 is 1.81 bits per heavy atom. The van der Waals surface area contributed by atoms with Crippen molar-refractivity contribution in [2.24, 2.45) is 5.10 Å². The summed E-state index contributed by atoms with van der Waals surface area (Å²) in [5, 5.41) is 16.1. The van der Waals surface area contributed by atoms with E-state index in [2.05, 4.69) is 15.2 Å². The molecule has 0 saturated carbocycles. The molecular weight excluding hydrogens is 442 g/mol. The maximum atomic E-state index is 12.6. The summed E-state index contributed by atoms with van der Waals surface area (Å²) < 4.78 is 27.6. The molecule has 0 fully saturated rings. The highest BCUT2D eigenvalue weighted by Gasteiger charge is 2.21. The summed E-state index contributed by atoms with van der Waals surface area (Å²) in [5.41, 5.74) is 10.1. The maximum absolute atomic E-state index is 12.6. The summed E-state index contributed by atoms with van der Waals surface area (Å²) in [6.45, 7) is 1.71. The predicted molar refractivity (Wildman–Crippen MR) is 122 cm³/mol. The Hall–Kier alpha value is -3.63. The Morgan fingerprint density at radius 1 is 1.10 bits per heavy atom. The lowest BCUT2D eigenvalue weighted by Gasteiger charge is -2.10. The first-order chi connectivity index (χ1) is 14.7. The highest BCUT2D eigenvalue weighted by Crippen LogP contribution is 2.29. The van der Waals surface area contributed by atoms with E-state index in [1.54, 1.807) is 31.2 Å². The molecule has 0 unspecified atom stereocenters. The van der Waals surface area contributed by atoms with Crippen LogP contribution in [0.25, 0.3) is 0 Å². The number of nitrogens with one attached hydrogen (secondary N) is 2. The van der Waals surface area contributed by atoms with Crippen LogP contribution in [0.2, 0.25) is 5.02 Å². The smallest absolute Gasteiger partial charge is 0.295 e. The fourth-order valence-electron chi connectivity index (χ4n) is 2.63. The number of nitrogens with zero attached hydrogens (tertiary/aromatic N) is 2. The SMILES string of the molecule is C/C(=N\Nc1ccc(S(=O)(=O)Nc2ccc(Cl)cc2)cc1[N+](=O)[O-])c1cccc(N)c1. The molecule has 0 amide bonds. The van der Waals surface area contributed by atoms with E-state index >= 15 is 0 Å². The third-order valence-electron chi connectivity index (χ3n) is 4.22. The van der Waals surface area contributed by atoms with Crippen molar-refractivity contribution in [3.63, 3.8) is 0 Å². The molecule has 0 heterocycles. The van der Waals surface area contributed by atoms with Crippen LogP contribution in [-0.2, 0) is 10.0 Å². The van der Waals surface area contributed by atoms with Crippen LogP contribution in [0.15, 0.2) is 76.7 Å². The predicted octanol–water partition coefficient (Wildman–Crippen LogP) is 4.47. The van der Waals surface area contributed by atoms with Crippen molar-refractivity contribution in [2.45, 2.75) is 11.8 Å². The van der Waals surface area contributed by atoms with Crippen LogP contribution < -0.4 is 15.9 Å². The van der Waals surface area contributed by atoms with Gasteiger partial charge < -0.3 is 5.73 Å². The van der Waals surface area contributed by atoms with Gasteiger partial charge in [0.1, 0.15) is 5.69 Å². The van der Waals surface area contributed by atoms with Crippen molar-refractivity contribution in [2.75, 3.05) is 15.9 Å². The molecular formula is C20H18ClN5O4S. The van der Waals surface area contributed by atoms with Gasteiger partial charge in [-0.2, -0.15) is 5.10 Å². The van der Waals surface area contributed by atoms with Crippen molar-refractivity contribution < 1.29 is 13.3 Å². The lowest BCUT2D eigenvalue weighted by atomic mass is 10.1. The first-order valence-corrected chi connectivity index (χ1v) is 10.7. The molecule has 0 bridgehead atoms. The van der Waals surface area contributed by atoms with Gasteiger partial charge in [-0.1, -0.05) is 23.7 Å². The molecule has 11 heteroatoms. The van der Waals surface area contributed by atoms with Gasteiger partial charge >= 0.3 is 0 Å². The maximum Gasteiger partial charge on any atom is 0.295 e. The van der Waals surface area contributed by atoms with E-state index in [0.717, 1.165) is 11.6 Å². The van der Waals surface area contributed by atoms with Gasteiger partial charge in [-0.05, 0) is 61.0 Å². The zero-order valence-electron chi connectivity index (χ0n) is 16.2. The fraction of sp³-hybridized carbons (Fsp3) is 0.0500. The van der Waals surface area contributed by atoms with Crippen LogP contribution in [-0.4, -0.2) is 19.1 Å². The minimum absolute atomic E-state index is 0.0405. The summed E-state index contributed by atoms with van der Waals surface area (Å²) in [7, 11) is -4.05. The van der Waals surface area contributed by atoms with Crippen molar-refractivity contribution in [3.05, 3.63) is 87.4 Å². The standard InChI is InChI=1S/C20H18ClN5O4S/c1-13(14-3-2-4-16(22)11-14)23-24-19-10-9-18(12-20(19)26(27)28)31(29,30)25-17-7-5-15(21)6-8-17/h2-12,24-25H,22H2,1H3/b23-13+. The Labute approximate surface area is 183 Å². The molecule has 0 atom stereocenters. The van der Waals surface area contributed by atoms with Gasteiger partial charge in [0, 0.05) is 22.5 Å². The lowest BCUT2D eigenvalue weighted by molar-refractivity contribution is -0.384. The molecule has 31 heavy (non-hydrogen) atoms. The van der Waals surface area contributed by atoms with Crippen molar-refractivity contribution in [1.82, 2.24) is 0 Å². The second-order valence-electron chi connectivity index (χ2n) is 6.48. The number of nitrogen functional groups attached to an aromatic ring is 1. The quantitative estimate of drug-likeness (QED) is 0.206. The molecule has 0 aromatic heterocycles. The number of anilines is 3. The van der Waals surface area contributed by atoms with E-state index in [9.17, 15) is 18.5 Å². The first-order valence-electron chi connectivity index (χ1n) is 8.89. The van der Waals surface area contributed by atoms with Crippen LogP contribution in [0.3, 0.4) is 0 Å². The Kier molecular flexibility index (Phi) is 6.42. The van der Waals surface area contributed by atoms with E-state index in [1.165, 1.54) is 36.4 Å². The topological polar surface area (TPSA) is 140 Å². The Balaban J connectivity index is 1.88. The molecule has 0 aliphatic carbocycles. The van der Waals surface area contributed by atoms with Crippen molar-refractivity contribution in [3.8, 4) is 0 Å². The van der Waals surface area contributed by atoms with Gasteiger partial charge in [0.15, 0.2) is 0 Å². The van der Waals surface area contributed by atoms with Gasteiger partial charge in [-0.15, -0.1) is 0 Å². The first kappa shape index (κ1) is 22.1. The minimum Gasteiger partial charge on any atom is -0.399 e. The average Bonchev–Trinajstić information content (AvgIpc) is 2.73. The van der Waals surface area contributed by atoms with Gasteiger partial charge in [0.25, 0.3) is 15.7 Å². The summed E-state index contributed by atoms with van der Waals surface area (Å²) >= 11 is 5.80. The largest absolute Gasteiger partial charge is 0.399 e. The molecule has 0 aliphatic heterocycles. The zero-order chi connectivity index (χ0) is 22.6. The molecule has 0 radical (unpaired) electrons. The molecule has 9 nitrogen and oxygen atoms in total. The summed E-state index contributed by atoms with van der Waals surface area (Å²) in [5.74, 6) is 0. The number of halogens is 1. The van der Waals surface area contributed by atoms with E-state index in [-0.39, 0.29) is 16.3 Å². The summed E-state index contributed by atoms with van der Waals surface area (Å²) in [6.07, 6.45) is 0. The number of sulfonamides is 1. The monoisotopic (exact) mass is 459 g/mol. The van der Waals surface area contributed by atoms with Crippen molar-refractivity contribution >= 4 is 50.1 Å². The highest BCUT2D eigenvalue weighted by molar-refractivity contribution is 7.92. The van der Waals surface area contributed by atoms with Crippen LogP contribution in [0.5, 0.6) is 0 Å². The normalized spacial score (nSPS) is 11.7. The van der Waals surface area contributed by atoms with Gasteiger partial charge in [0.05, 0.1) is 15.5 Å². The lowest BCUT2D eigenvalue weighted by Crippen LogP contribution is -2.13. The van der Waals surface area contributed by atoms with Gasteiger partial charge in [0.2, 0.25) is 0 Å². The summed E-state index contributed by atoms with van der Waals surface area (Å²) in [4.78, 5) is 10.6. The Bertz CT molecular complexity index is 1260. The van der Waals surface area contributed by atoms with E-state index in [4.69, 9.17) is 17.3 Å². The molecule has 3 aromatic rings. The van der Waals surface area contributed by atoms with Crippen molar-refractivity contribution in [1.29, 1.82) is 0 Å². The molecule has 0 spiro atoms. The minimum atomic E-state index is -4.05. The average molecular weight is 460 g/mol. The van der Waals surface area contributed by atoms with E-state index < -0.39 is 20.6 Å². The van der Waals surface area contributed by atoms with Crippen LogP contribution in [0.1, 0.15) is 12.5 Å². The van der Waals surface area contributed by atoms with Gasteiger partial charge in [-0.3, -0.25) is 20.3 Å². The van der Waals surface area contributed by atoms with Gasteiger partial charge in [-0.25, -0.2) is 8.42 Å². The third-order valence-corrected chi connectivity index (χ3v) is 5.85. The Morgan fingerprint density at radius 3 is 2.45 bits per heavy atom. The number of nitro groups is 1. The molecule has 0 saturated heterocycles. The number of nitro benzene ring substituents is 1. The number of hydrogen-bond acceptors (Lipinski definition) is 7. The van der Waals surface area contributed by atoms with Crippen LogP contribution in [0, 0.1) is 10.1 Å². The number of hydrazone groups is 1. The number of rotatable bonds is 7. The fourth-order valence-corrected chi connectivity index (χ4v) is 3.83. The molecule has 160 valence electrons. The number of benzene rings is 3. The number of nitrogens with two attached hydrogens (primary N) is 1. The second-order valence-corrected chi connectivity index (χ2v) is 8.60. The highest BCUT2D eigenvalue weighted by atomic mass is 35.5. The van der Waals surface area contributed by atoms with Crippen LogP contribution >= 0.6 is 11.6 Å². The van der Waals surface area contributed by atoms with E-state index in [0.29, 0.717) is 16.4 Å². The second kappa shape index (κ2) is 9.02. The zero-order valence-corrected chi connectivity index (χ0v) is 17.8.